The lowest BCUT2D eigenvalue weighted by Gasteiger charge is -1.96. The Labute approximate surface area is 70.6 Å². The molecule has 54 valence electrons. The lowest BCUT2D eigenvalue weighted by Crippen LogP contribution is -1.92. The number of hydrogen-bond donors (Lipinski definition) is 0. The number of halogens is 3. The van der Waals surface area contributed by atoms with Crippen molar-refractivity contribution in [2.75, 3.05) is 0 Å². The highest BCUT2D eigenvalue weighted by Gasteiger charge is 2.04. The Balaban J connectivity index is 3.14. The molecule has 1 heterocycles. The lowest BCUT2D eigenvalue weighted by molar-refractivity contribution is 0.476. The molecule has 0 saturated heterocycles. The fraction of sp³-hybridized carbons (Fsp3) is 0.167. The van der Waals surface area contributed by atoms with E-state index in [0.717, 1.165) is 0 Å². The lowest BCUT2D eigenvalue weighted by atomic mass is 10.3. The second-order valence-electron chi connectivity index (χ2n) is 1.71. The zero-order valence-electron chi connectivity index (χ0n) is 4.94. The minimum Gasteiger partial charge on any atom is -0.246 e. The largest absolute Gasteiger partial charge is 0.246 e. The molecule has 0 bridgehead atoms. The van der Waals surface area contributed by atoms with Crippen LogP contribution in [0.15, 0.2) is 12.3 Å². The number of hydrogen-bond acceptors (Lipinski definition) is 1. The number of aromatic nitrogens is 1. The molecule has 0 aliphatic rings. The number of nitrogens with zero attached hydrogens (tertiary/aromatic N) is 1. The molecule has 0 atom stereocenters. The average molecular weight is 255 g/mol. The molecule has 0 fully saturated rings. The molecule has 1 rings (SSSR count). The molecule has 1 aromatic heterocycles. The van der Waals surface area contributed by atoms with Gasteiger partial charge in [-0.15, -0.1) is 0 Å². The number of rotatable bonds is 1. The van der Waals surface area contributed by atoms with E-state index in [0.29, 0.717) is 5.56 Å². The summed E-state index contributed by atoms with van der Waals surface area (Å²) in [5.74, 6) is -0.601. The summed E-state index contributed by atoms with van der Waals surface area (Å²) in [5, 5.41) is 0. The maximum Gasteiger partial charge on any atom is 0.226 e. The van der Waals surface area contributed by atoms with Crippen LogP contribution in [0.2, 0.25) is 0 Å². The molecule has 1 nitrogen and oxygen atoms in total. The molecule has 0 aliphatic heterocycles. The van der Waals surface area contributed by atoms with Crippen LogP contribution in [0.5, 0.6) is 0 Å². The maximum atomic E-state index is 12.5. The molecule has 0 N–H and O–H groups in total. The smallest absolute Gasteiger partial charge is 0.226 e. The van der Waals surface area contributed by atoms with Crippen molar-refractivity contribution in [3.8, 4) is 0 Å². The molecule has 0 radical (unpaired) electrons. The molecular weight excluding hydrogens is 251 g/mol. The second kappa shape index (κ2) is 3.23. The maximum absolute atomic E-state index is 12.5. The summed E-state index contributed by atoms with van der Waals surface area (Å²) in [4.78, 5) is 3.35. The van der Waals surface area contributed by atoms with E-state index >= 15 is 0 Å². The first-order valence-corrected chi connectivity index (χ1v) is 3.68. The van der Waals surface area contributed by atoms with Crippen molar-refractivity contribution < 1.29 is 8.78 Å². The van der Waals surface area contributed by atoms with Crippen LogP contribution in [0, 0.1) is 9.52 Å². The highest BCUT2D eigenvalue weighted by molar-refractivity contribution is 14.1. The SMILES string of the molecule is FCc1ccnc(F)c1I. The van der Waals surface area contributed by atoms with Crippen LogP contribution in [-0.2, 0) is 6.67 Å². The highest BCUT2D eigenvalue weighted by Crippen LogP contribution is 2.14. The van der Waals surface area contributed by atoms with Gasteiger partial charge >= 0.3 is 0 Å². The topological polar surface area (TPSA) is 12.9 Å². The van der Waals surface area contributed by atoms with Gasteiger partial charge in [-0.1, -0.05) is 0 Å². The summed E-state index contributed by atoms with van der Waals surface area (Å²) in [6, 6.07) is 1.46. The van der Waals surface area contributed by atoms with Crippen LogP contribution in [0.25, 0.3) is 0 Å². The first kappa shape index (κ1) is 7.84. The summed E-state index contributed by atoms with van der Waals surface area (Å²) in [5.41, 5.74) is 0.355. The summed E-state index contributed by atoms with van der Waals surface area (Å²) in [6.45, 7) is -0.641. The van der Waals surface area contributed by atoms with Gasteiger partial charge < -0.3 is 0 Å². The molecule has 0 aliphatic carbocycles. The van der Waals surface area contributed by atoms with Gasteiger partial charge in [0.25, 0.3) is 0 Å². The van der Waals surface area contributed by atoms with Gasteiger partial charge in [-0.2, -0.15) is 4.39 Å². The Morgan fingerprint density at radius 2 is 2.30 bits per heavy atom. The van der Waals surface area contributed by atoms with E-state index in [2.05, 4.69) is 4.98 Å². The molecule has 1 aromatic rings. The molecule has 4 heteroatoms. The normalized spacial score (nSPS) is 9.90. The van der Waals surface area contributed by atoms with Gasteiger partial charge in [0.1, 0.15) is 6.67 Å². The van der Waals surface area contributed by atoms with Crippen molar-refractivity contribution in [2.24, 2.45) is 0 Å². The van der Waals surface area contributed by atoms with E-state index in [1.54, 1.807) is 22.6 Å². The Hall–Kier alpha value is -0.260. The van der Waals surface area contributed by atoms with Crippen LogP contribution in [0.4, 0.5) is 8.78 Å². The van der Waals surface area contributed by atoms with Crippen molar-refractivity contribution in [1.29, 1.82) is 0 Å². The van der Waals surface area contributed by atoms with E-state index in [1.165, 1.54) is 12.3 Å². The molecule has 0 saturated carbocycles. The van der Waals surface area contributed by atoms with Crippen LogP contribution in [-0.4, -0.2) is 4.98 Å². The van der Waals surface area contributed by atoms with Gasteiger partial charge in [-0.3, -0.25) is 0 Å². The third-order valence-corrected chi connectivity index (χ3v) is 2.21. The van der Waals surface area contributed by atoms with E-state index in [-0.39, 0.29) is 3.57 Å². The summed E-state index contributed by atoms with van der Waals surface area (Å²) in [7, 11) is 0. The first-order chi connectivity index (χ1) is 4.75. The summed E-state index contributed by atoms with van der Waals surface area (Å²) >= 11 is 1.73. The zero-order valence-corrected chi connectivity index (χ0v) is 7.10. The fourth-order valence-electron chi connectivity index (χ4n) is 0.558. The summed E-state index contributed by atoms with van der Waals surface area (Å²) in [6.07, 6.45) is 1.26. The first-order valence-electron chi connectivity index (χ1n) is 2.60. The van der Waals surface area contributed by atoms with E-state index < -0.39 is 12.6 Å². The Morgan fingerprint density at radius 1 is 1.60 bits per heavy atom. The third-order valence-electron chi connectivity index (χ3n) is 1.07. The average Bonchev–Trinajstić information content (AvgIpc) is 1.95. The molecule has 0 spiro atoms. The predicted molar refractivity (Wildman–Crippen MR) is 41.7 cm³/mol. The highest BCUT2D eigenvalue weighted by atomic mass is 127. The van der Waals surface area contributed by atoms with Gasteiger partial charge in [0.2, 0.25) is 5.95 Å². The van der Waals surface area contributed by atoms with Crippen LogP contribution in [0.3, 0.4) is 0 Å². The Kier molecular flexibility index (Phi) is 2.53. The van der Waals surface area contributed by atoms with Crippen molar-refractivity contribution >= 4 is 22.6 Å². The van der Waals surface area contributed by atoms with Crippen LogP contribution in [0.1, 0.15) is 5.56 Å². The molecule has 10 heavy (non-hydrogen) atoms. The Morgan fingerprint density at radius 3 is 2.80 bits per heavy atom. The third kappa shape index (κ3) is 1.42. The van der Waals surface area contributed by atoms with Gasteiger partial charge in [0.15, 0.2) is 0 Å². The predicted octanol–water partition coefficient (Wildman–Crippen LogP) is 2.29. The van der Waals surface area contributed by atoms with E-state index in [1.807, 2.05) is 0 Å². The number of alkyl halides is 1. The van der Waals surface area contributed by atoms with Crippen molar-refractivity contribution in [1.82, 2.24) is 4.98 Å². The van der Waals surface area contributed by atoms with E-state index in [4.69, 9.17) is 0 Å². The molecule has 0 aromatic carbocycles. The van der Waals surface area contributed by atoms with E-state index in [9.17, 15) is 8.78 Å². The standard InChI is InChI=1S/C6H4F2IN/c7-3-4-1-2-10-6(8)5(4)9/h1-2H,3H2. The van der Waals surface area contributed by atoms with Crippen LogP contribution >= 0.6 is 22.6 Å². The van der Waals surface area contributed by atoms with Gasteiger partial charge in [-0.25, -0.2) is 9.37 Å². The van der Waals surface area contributed by atoms with Gasteiger partial charge in [0.05, 0.1) is 3.57 Å². The fourth-order valence-corrected chi connectivity index (χ4v) is 1.02. The zero-order chi connectivity index (χ0) is 7.56. The van der Waals surface area contributed by atoms with Crippen molar-refractivity contribution in [2.45, 2.75) is 6.67 Å². The summed E-state index contributed by atoms with van der Waals surface area (Å²) < 4.78 is 24.7. The minimum absolute atomic E-state index is 0.266. The molecule has 0 amide bonds. The van der Waals surface area contributed by atoms with Crippen LogP contribution < -0.4 is 0 Å². The second-order valence-corrected chi connectivity index (χ2v) is 2.79. The molecular formula is C6H4F2IN. The number of pyridine rings is 1. The van der Waals surface area contributed by atoms with Crippen molar-refractivity contribution in [3.63, 3.8) is 0 Å². The van der Waals surface area contributed by atoms with Gasteiger partial charge in [0, 0.05) is 11.8 Å². The molecule has 0 unspecified atom stereocenters. The quantitative estimate of drug-likeness (QED) is 0.554. The van der Waals surface area contributed by atoms with Gasteiger partial charge in [-0.05, 0) is 28.7 Å². The minimum atomic E-state index is -0.641. The van der Waals surface area contributed by atoms with Crippen molar-refractivity contribution in [3.05, 3.63) is 27.3 Å². The Bertz CT molecular complexity index is 239. The monoisotopic (exact) mass is 255 g/mol.